The average Bonchev–Trinajstić information content (AvgIpc) is 2.64. The molecule has 0 saturated carbocycles. The molecule has 0 fully saturated rings. The van der Waals surface area contributed by atoms with Crippen LogP contribution < -0.4 is 4.74 Å². The van der Waals surface area contributed by atoms with Crippen molar-refractivity contribution in [3.8, 4) is 5.75 Å². The van der Waals surface area contributed by atoms with E-state index in [1.807, 2.05) is 42.5 Å². The molecule has 24 heavy (non-hydrogen) atoms. The highest BCUT2D eigenvalue weighted by Gasteiger charge is 2.07. The lowest BCUT2D eigenvalue weighted by Crippen LogP contribution is -2.27. The van der Waals surface area contributed by atoms with Crippen LogP contribution in [0.3, 0.4) is 0 Å². The zero-order valence-corrected chi connectivity index (χ0v) is 14.7. The first-order chi connectivity index (χ1) is 11.7. The van der Waals surface area contributed by atoms with Crippen LogP contribution in [0.5, 0.6) is 5.75 Å². The third-order valence-electron chi connectivity index (χ3n) is 4.23. The zero-order chi connectivity index (χ0) is 17.2. The van der Waals surface area contributed by atoms with Gasteiger partial charge >= 0.3 is 0 Å². The maximum absolute atomic E-state index is 12.3. The number of ketones is 1. The summed E-state index contributed by atoms with van der Waals surface area (Å²) in [5, 5.41) is 0. The van der Waals surface area contributed by atoms with E-state index in [2.05, 4.69) is 30.9 Å². The van der Waals surface area contributed by atoms with Crippen LogP contribution in [0.15, 0.2) is 54.6 Å². The number of likely N-dealkylation sites (N-methyl/N-ethyl adjacent to an activating group) is 1. The normalized spacial score (nSPS) is 10.8. The van der Waals surface area contributed by atoms with Gasteiger partial charge in [0, 0.05) is 18.5 Å². The molecule has 0 spiro atoms. The Balaban J connectivity index is 1.79. The van der Waals surface area contributed by atoms with Crippen molar-refractivity contribution in [3.05, 3.63) is 65.7 Å². The molecule has 3 nitrogen and oxygen atoms in total. The Kier molecular flexibility index (Phi) is 7.50. The lowest BCUT2D eigenvalue weighted by atomic mass is 10.0. The fourth-order valence-corrected chi connectivity index (χ4v) is 2.62. The Morgan fingerprint density at radius 2 is 1.62 bits per heavy atom. The molecule has 0 aromatic heterocycles. The molecule has 0 radical (unpaired) electrons. The summed E-state index contributed by atoms with van der Waals surface area (Å²) in [7, 11) is 0. The minimum atomic E-state index is 0.175. The number of nitrogens with zero attached hydrogens (tertiary/aromatic N) is 1. The minimum absolute atomic E-state index is 0.175. The van der Waals surface area contributed by atoms with Crippen LogP contribution in [0.2, 0.25) is 0 Å². The van der Waals surface area contributed by atoms with Gasteiger partial charge in [0.05, 0.1) is 0 Å². The smallest absolute Gasteiger partial charge is 0.163 e. The summed E-state index contributed by atoms with van der Waals surface area (Å²) in [6.45, 7) is 7.97. The fraction of sp³-hybridized carbons (Fsp3) is 0.381. The van der Waals surface area contributed by atoms with E-state index >= 15 is 0 Å². The summed E-state index contributed by atoms with van der Waals surface area (Å²) in [5.41, 5.74) is 1.95. The van der Waals surface area contributed by atoms with Crippen LogP contribution >= 0.6 is 0 Å². The Labute approximate surface area is 145 Å². The first-order valence-corrected chi connectivity index (χ1v) is 8.75. The maximum Gasteiger partial charge on any atom is 0.163 e. The van der Waals surface area contributed by atoms with Gasteiger partial charge in [-0.25, -0.2) is 0 Å². The number of Topliss-reactive ketones (excluding diaryl/α,β-unsaturated/α-hetero) is 1. The van der Waals surface area contributed by atoms with Gasteiger partial charge in [-0.2, -0.15) is 0 Å². The number of carbonyl (C=O) groups is 1. The summed E-state index contributed by atoms with van der Waals surface area (Å²) in [6, 6.07) is 17.6. The van der Waals surface area contributed by atoms with Gasteiger partial charge in [0.1, 0.15) is 12.4 Å². The summed E-state index contributed by atoms with van der Waals surface area (Å²) in [5.74, 6) is 0.996. The van der Waals surface area contributed by atoms with Gasteiger partial charge in [-0.05, 0) is 49.3 Å². The van der Waals surface area contributed by atoms with Crippen LogP contribution in [0.25, 0.3) is 0 Å². The molecule has 0 aliphatic heterocycles. The van der Waals surface area contributed by atoms with Crippen molar-refractivity contribution in [1.29, 1.82) is 0 Å². The molecule has 2 aromatic rings. The van der Waals surface area contributed by atoms with E-state index in [9.17, 15) is 4.79 Å². The lowest BCUT2D eigenvalue weighted by molar-refractivity contribution is 0.0983. The van der Waals surface area contributed by atoms with Gasteiger partial charge in [-0.15, -0.1) is 0 Å². The number of carbonyl (C=O) groups excluding carboxylic acids is 1. The SMILES string of the molecule is CCN(CC)CCOc1ccc(C(=O)CCc2ccccc2)cc1. The number of aryl methyl sites for hydroxylation is 1. The van der Waals surface area contributed by atoms with Crippen molar-refractivity contribution >= 4 is 5.78 Å². The molecule has 0 amide bonds. The van der Waals surface area contributed by atoms with Crippen LogP contribution in [0.4, 0.5) is 0 Å². The van der Waals surface area contributed by atoms with Crippen LogP contribution in [0, 0.1) is 0 Å². The van der Waals surface area contributed by atoms with Crippen LogP contribution in [-0.2, 0) is 6.42 Å². The van der Waals surface area contributed by atoms with Gasteiger partial charge < -0.3 is 9.64 Å². The van der Waals surface area contributed by atoms with E-state index < -0.39 is 0 Å². The largest absolute Gasteiger partial charge is 0.492 e. The number of rotatable bonds is 10. The van der Waals surface area contributed by atoms with Gasteiger partial charge in [0.25, 0.3) is 0 Å². The van der Waals surface area contributed by atoms with Crippen molar-refractivity contribution in [2.24, 2.45) is 0 Å². The Hall–Kier alpha value is -2.13. The number of hydrogen-bond acceptors (Lipinski definition) is 3. The van der Waals surface area contributed by atoms with E-state index in [1.165, 1.54) is 5.56 Å². The molecule has 0 aliphatic rings. The Morgan fingerprint density at radius 1 is 0.958 bits per heavy atom. The third-order valence-corrected chi connectivity index (χ3v) is 4.23. The molecule has 0 aliphatic carbocycles. The predicted molar refractivity (Wildman–Crippen MR) is 98.8 cm³/mol. The first-order valence-electron chi connectivity index (χ1n) is 8.75. The number of ether oxygens (including phenoxy) is 1. The van der Waals surface area contributed by atoms with Gasteiger partial charge in [-0.3, -0.25) is 4.79 Å². The molecule has 0 bridgehead atoms. The van der Waals surface area contributed by atoms with Gasteiger partial charge in [-0.1, -0.05) is 44.2 Å². The molecule has 0 saturated heterocycles. The van der Waals surface area contributed by atoms with E-state index in [0.29, 0.717) is 13.0 Å². The molecule has 0 unspecified atom stereocenters. The van der Waals surface area contributed by atoms with Crippen LogP contribution in [0.1, 0.15) is 36.2 Å². The molecule has 0 heterocycles. The highest BCUT2D eigenvalue weighted by molar-refractivity contribution is 5.96. The van der Waals surface area contributed by atoms with Crippen LogP contribution in [-0.4, -0.2) is 36.9 Å². The quantitative estimate of drug-likeness (QED) is 0.613. The molecule has 0 atom stereocenters. The highest BCUT2D eigenvalue weighted by Crippen LogP contribution is 2.14. The molecule has 2 aromatic carbocycles. The topological polar surface area (TPSA) is 29.5 Å². The van der Waals surface area contributed by atoms with Crippen molar-refractivity contribution < 1.29 is 9.53 Å². The van der Waals surface area contributed by atoms with Crippen molar-refractivity contribution in [1.82, 2.24) is 4.90 Å². The third kappa shape index (κ3) is 5.82. The predicted octanol–water partition coefficient (Wildman–Crippen LogP) is 4.22. The molecule has 0 N–H and O–H groups in total. The monoisotopic (exact) mass is 325 g/mol. The number of hydrogen-bond donors (Lipinski definition) is 0. The second-order valence-electron chi connectivity index (χ2n) is 5.81. The molecular weight excluding hydrogens is 298 g/mol. The summed E-state index contributed by atoms with van der Waals surface area (Å²) < 4.78 is 5.75. The highest BCUT2D eigenvalue weighted by atomic mass is 16.5. The standard InChI is InChI=1S/C21H27NO2/c1-3-22(4-2)16-17-24-20-13-11-19(12-14-20)21(23)15-10-18-8-6-5-7-9-18/h5-9,11-14H,3-4,10,15-17H2,1-2H3. The zero-order valence-electron chi connectivity index (χ0n) is 14.7. The number of benzene rings is 2. The van der Waals surface area contributed by atoms with E-state index in [4.69, 9.17) is 4.74 Å². The maximum atomic E-state index is 12.3. The Bertz CT molecular complexity index is 603. The van der Waals surface area contributed by atoms with Gasteiger partial charge in [0.2, 0.25) is 0 Å². The van der Waals surface area contributed by atoms with E-state index in [0.717, 1.165) is 37.4 Å². The minimum Gasteiger partial charge on any atom is -0.492 e. The summed E-state index contributed by atoms with van der Waals surface area (Å²) >= 11 is 0. The lowest BCUT2D eigenvalue weighted by Gasteiger charge is -2.18. The molecule has 3 heteroatoms. The second-order valence-corrected chi connectivity index (χ2v) is 5.81. The van der Waals surface area contributed by atoms with Crippen molar-refractivity contribution in [2.45, 2.75) is 26.7 Å². The first kappa shape index (κ1) is 18.2. The fourth-order valence-electron chi connectivity index (χ4n) is 2.62. The second kappa shape index (κ2) is 9.89. The summed E-state index contributed by atoms with van der Waals surface area (Å²) in [4.78, 5) is 14.6. The molecule has 2 rings (SSSR count). The summed E-state index contributed by atoms with van der Waals surface area (Å²) in [6.07, 6.45) is 1.31. The van der Waals surface area contributed by atoms with E-state index in [-0.39, 0.29) is 5.78 Å². The van der Waals surface area contributed by atoms with E-state index in [1.54, 1.807) is 0 Å². The average molecular weight is 325 g/mol. The Morgan fingerprint density at radius 3 is 2.25 bits per heavy atom. The van der Waals surface area contributed by atoms with Crippen molar-refractivity contribution in [2.75, 3.05) is 26.2 Å². The van der Waals surface area contributed by atoms with Crippen molar-refractivity contribution in [3.63, 3.8) is 0 Å². The van der Waals surface area contributed by atoms with Gasteiger partial charge in [0.15, 0.2) is 5.78 Å². The molecular formula is C21H27NO2. The molecule has 128 valence electrons.